The van der Waals surface area contributed by atoms with E-state index in [4.69, 9.17) is 4.74 Å². The molecule has 0 saturated carbocycles. The van der Waals surface area contributed by atoms with Crippen molar-refractivity contribution in [1.29, 1.82) is 0 Å². The van der Waals surface area contributed by atoms with Crippen LogP contribution in [0.15, 0.2) is 18.2 Å². The van der Waals surface area contributed by atoms with Crippen molar-refractivity contribution in [2.24, 2.45) is 0 Å². The van der Waals surface area contributed by atoms with Crippen LogP contribution in [0.4, 0.5) is 0 Å². The van der Waals surface area contributed by atoms with E-state index < -0.39 is 0 Å². The van der Waals surface area contributed by atoms with Gasteiger partial charge in [-0.25, -0.2) is 0 Å². The molecule has 0 unspecified atom stereocenters. The van der Waals surface area contributed by atoms with Gasteiger partial charge in [-0.2, -0.15) is 0 Å². The zero-order valence-corrected chi connectivity index (χ0v) is 11.7. The number of benzene rings is 1. The van der Waals surface area contributed by atoms with Crippen LogP contribution in [-0.2, 0) is 6.42 Å². The smallest absolute Gasteiger partial charge is 0.119 e. The summed E-state index contributed by atoms with van der Waals surface area (Å²) in [5, 5.41) is 0. The molecule has 0 N–H and O–H groups in total. The van der Waals surface area contributed by atoms with E-state index in [-0.39, 0.29) is 0 Å². The summed E-state index contributed by atoms with van der Waals surface area (Å²) in [5.41, 5.74) is 2.69. The van der Waals surface area contributed by atoms with Crippen molar-refractivity contribution in [2.75, 3.05) is 6.61 Å². The van der Waals surface area contributed by atoms with E-state index in [0.717, 1.165) is 25.2 Å². The molecule has 0 saturated heterocycles. The van der Waals surface area contributed by atoms with Gasteiger partial charge in [0.05, 0.1) is 6.61 Å². The predicted octanol–water partition coefficient (Wildman–Crippen LogP) is 4.78. The Bertz CT molecular complexity index is 328. The standard InChI is InChI=1S/C16H25O/c1-5-7-9-17-16-11-14(8-6-2)10-15(12-16)13(3)4/h10-12H,5-9H2,1-4H3. The van der Waals surface area contributed by atoms with Gasteiger partial charge in [0.25, 0.3) is 0 Å². The van der Waals surface area contributed by atoms with Crippen LogP contribution in [-0.4, -0.2) is 6.61 Å². The van der Waals surface area contributed by atoms with Crippen molar-refractivity contribution in [3.63, 3.8) is 0 Å². The Morgan fingerprint density at radius 3 is 2.41 bits per heavy atom. The molecule has 0 aliphatic heterocycles. The van der Waals surface area contributed by atoms with E-state index in [0.29, 0.717) is 0 Å². The van der Waals surface area contributed by atoms with Gasteiger partial charge in [-0.1, -0.05) is 46.6 Å². The van der Waals surface area contributed by atoms with Crippen molar-refractivity contribution in [2.45, 2.75) is 53.4 Å². The number of aryl methyl sites for hydroxylation is 1. The lowest BCUT2D eigenvalue weighted by Gasteiger charge is -2.12. The first-order valence-corrected chi connectivity index (χ1v) is 6.74. The lowest BCUT2D eigenvalue weighted by atomic mass is 9.98. The average Bonchev–Trinajstić information content (AvgIpc) is 2.29. The first kappa shape index (κ1) is 14.1. The fourth-order valence-electron chi connectivity index (χ4n) is 1.80. The van der Waals surface area contributed by atoms with Gasteiger partial charge < -0.3 is 4.74 Å². The van der Waals surface area contributed by atoms with Crippen LogP contribution in [0.3, 0.4) is 0 Å². The normalized spacial score (nSPS) is 10.9. The van der Waals surface area contributed by atoms with Crippen molar-refractivity contribution in [3.8, 4) is 5.75 Å². The second-order valence-electron chi connectivity index (χ2n) is 4.82. The quantitative estimate of drug-likeness (QED) is 0.616. The molecule has 1 radical (unpaired) electrons. The number of unbranched alkanes of at least 4 members (excludes halogenated alkanes) is 1. The minimum Gasteiger partial charge on any atom is -0.494 e. The van der Waals surface area contributed by atoms with E-state index in [2.05, 4.69) is 45.9 Å². The number of ether oxygens (including phenoxy) is 1. The molecule has 0 fully saturated rings. The van der Waals surface area contributed by atoms with Crippen LogP contribution in [0.5, 0.6) is 5.75 Å². The largest absolute Gasteiger partial charge is 0.494 e. The molecular formula is C16H25O. The Balaban J connectivity index is 2.79. The maximum atomic E-state index is 5.81. The number of hydrogen-bond acceptors (Lipinski definition) is 1. The van der Waals surface area contributed by atoms with Crippen LogP contribution in [0.2, 0.25) is 0 Å². The van der Waals surface area contributed by atoms with E-state index in [1.807, 2.05) is 0 Å². The molecule has 1 rings (SSSR count). The summed E-state index contributed by atoms with van der Waals surface area (Å²) in [6, 6.07) is 6.63. The SMILES string of the molecule is CCCCOc1cc(CCC)cc([C](C)C)c1. The molecule has 0 atom stereocenters. The van der Waals surface area contributed by atoms with E-state index in [1.165, 1.54) is 29.9 Å². The van der Waals surface area contributed by atoms with Gasteiger partial charge in [-0.15, -0.1) is 0 Å². The fourth-order valence-corrected chi connectivity index (χ4v) is 1.80. The molecule has 0 aliphatic carbocycles. The molecule has 0 aromatic heterocycles. The fraction of sp³-hybridized carbons (Fsp3) is 0.562. The highest BCUT2D eigenvalue weighted by atomic mass is 16.5. The molecule has 1 nitrogen and oxygen atoms in total. The second-order valence-corrected chi connectivity index (χ2v) is 4.82. The van der Waals surface area contributed by atoms with E-state index >= 15 is 0 Å². The van der Waals surface area contributed by atoms with Crippen molar-refractivity contribution in [1.82, 2.24) is 0 Å². The molecule has 0 spiro atoms. The zero-order chi connectivity index (χ0) is 12.7. The van der Waals surface area contributed by atoms with Crippen LogP contribution in [0.1, 0.15) is 58.1 Å². The van der Waals surface area contributed by atoms with Crippen molar-refractivity contribution in [3.05, 3.63) is 35.2 Å². The molecule has 1 heteroatoms. The maximum absolute atomic E-state index is 5.81. The van der Waals surface area contributed by atoms with Crippen molar-refractivity contribution < 1.29 is 4.74 Å². The summed E-state index contributed by atoms with van der Waals surface area (Å²) in [6.45, 7) is 9.54. The van der Waals surface area contributed by atoms with Gasteiger partial charge in [0.1, 0.15) is 5.75 Å². The third kappa shape index (κ3) is 4.80. The number of hydrogen-bond donors (Lipinski definition) is 0. The lowest BCUT2D eigenvalue weighted by Crippen LogP contribution is -1.99. The zero-order valence-electron chi connectivity index (χ0n) is 11.7. The Hall–Kier alpha value is -0.980. The highest BCUT2D eigenvalue weighted by Crippen LogP contribution is 2.23. The Morgan fingerprint density at radius 2 is 1.82 bits per heavy atom. The summed E-state index contributed by atoms with van der Waals surface area (Å²) in [5.74, 6) is 2.38. The second kappa shape index (κ2) is 7.37. The maximum Gasteiger partial charge on any atom is 0.119 e. The molecule has 0 amide bonds. The monoisotopic (exact) mass is 233 g/mol. The van der Waals surface area contributed by atoms with Gasteiger partial charge in [0.2, 0.25) is 0 Å². The molecule has 1 aromatic carbocycles. The van der Waals surface area contributed by atoms with Crippen LogP contribution < -0.4 is 4.74 Å². The highest BCUT2D eigenvalue weighted by molar-refractivity contribution is 5.40. The van der Waals surface area contributed by atoms with Gasteiger partial charge >= 0.3 is 0 Å². The van der Waals surface area contributed by atoms with Gasteiger partial charge in [0, 0.05) is 0 Å². The predicted molar refractivity (Wildman–Crippen MR) is 74.5 cm³/mol. The minimum absolute atomic E-state index is 0.828. The molecule has 0 bridgehead atoms. The highest BCUT2D eigenvalue weighted by Gasteiger charge is 2.05. The molecule has 0 heterocycles. The van der Waals surface area contributed by atoms with E-state index in [9.17, 15) is 0 Å². The Morgan fingerprint density at radius 1 is 1.06 bits per heavy atom. The molecular weight excluding hydrogens is 208 g/mol. The first-order chi connectivity index (χ1) is 8.17. The first-order valence-electron chi connectivity index (χ1n) is 6.74. The minimum atomic E-state index is 0.828. The van der Waals surface area contributed by atoms with Crippen LogP contribution in [0.25, 0.3) is 0 Å². The summed E-state index contributed by atoms with van der Waals surface area (Å²) in [6.07, 6.45) is 4.62. The Labute approximate surface area is 106 Å². The molecule has 17 heavy (non-hydrogen) atoms. The Kier molecular flexibility index (Phi) is 6.10. The molecule has 0 aliphatic rings. The summed E-state index contributed by atoms with van der Waals surface area (Å²) < 4.78 is 5.81. The average molecular weight is 233 g/mol. The van der Waals surface area contributed by atoms with Crippen molar-refractivity contribution >= 4 is 0 Å². The topological polar surface area (TPSA) is 9.23 Å². The van der Waals surface area contributed by atoms with Gasteiger partial charge in [-0.3, -0.25) is 0 Å². The van der Waals surface area contributed by atoms with Crippen LogP contribution in [0, 0.1) is 5.92 Å². The third-order valence-corrected chi connectivity index (χ3v) is 2.85. The molecule has 95 valence electrons. The van der Waals surface area contributed by atoms with E-state index in [1.54, 1.807) is 0 Å². The summed E-state index contributed by atoms with van der Waals surface area (Å²) in [4.78, 5) is 0. The van der Waals surface area contributed by atoms with Gasteiger partial charge in [0.15, 0.2) is 0 Å². The summed E-state index contributed by atoms with van der Waals surface area (Å²) in [7, 11) is 0. The van der Waals surface area contributed by atoms with Gasteiger partial charge in [-0.05, 0) is 42.0 Å². The summed E-state index contributed by atoms with van der Waals surface area (Å²) >= 11 is 0. The molecule has 1 aromatic rings. The number of rotatable bonds is 7. The lowest BCUT2D eigenvalue weighted by molar-refractivity contribution is 0.309. The third-order valence-electron chi connectivity index (χ3n) is 2.85. The van der Waals surface area contributed by atoms with Crippen LogP contribution >= 0.6 is 0 Å².